The minimum absolute atomic E-state index is 0.194. The van der Waals surface area contributed by atoms with Gasteiger partial charge in [-0.3, -0.25) is 0 Å². The van der Waals surface area contributed by atoms with Crippen LogP contribution < -0.4 is 0 Å². The van der Waals surface area contributed by atoms with Crippen LogP contribution in [0, 0.1) is 0 Å². The van der Waals surface area contributed by atoms with E-state index < -0.39 is 18.0 Å². The lowest BCUT2D eigenvalue weighted by molar-refractivity contribution is -0.195. The third-order valence-electron chi connectivity index (χ3n) is 5.06. The molecule has 2 aliphatic rings. The average molecular weight is 326 g/mol. The van der Waals surface area contributed by atoms with Crippen molar-refractivity contribution in [2.75, 3.05) is 0 Å². The van der Waals surface area contributed by atoms with Gasteiger partial charge in [0.2, 0.25) is 0 Å². The molecule has 0 aromatic heterocycles. The van der Waals surface area contributed by atoms with Gasteiger partial charge in [-0.1, -0.05) is 42.8 Å². The maximum atomic E-state index is 10.3. The molecule has 0 amide bonds. The molecule has 2 fully saturated rings. The highest BCUT2D eigenvalue weighted by atomic mass is 16.8. The van der Waals surface area contributed by atoms with Crippen molar-refractivity contribution in [3.05, 3.63) is 59.7 Å². The van der Waals surface area contributed by atoms with Gasteiger partial charge in [-0.25, -0.2) is 0 Å². The number of hydrogen-bond donors (Lipinski definition) is 2. The van der Waals surface area contributed by atoms with Gasteiger partial charge in [0.1, 0.15) is 23.7 Å². The third-order valence-corrected chi connectivity index (χ3v) is 5.06. The predicted molar refractivity (Wildman–Crippen MR) is 89.7 cm³/mol. The molecule has 2 aromatic carbocycles. The normalized spacial score (nSPS) is 25.8. The van der Waals surface area contributed by atoms with Crippen LogP contribution in [-0.2, 0) is 9.47 Å². The van der Waals surface area contributed by atoms with Crippen molar-refractivity contribution in [3.8, 4) is 11.5 Å². The number of ether oxygens (including phenoxy) is 2. The molecule has 4 heteroatoms. The second-order valence-electron chi connectivity index (χ2n) is 6.67. The van der Waals surface area contributed by atoms with E-state index in [1.54, 1.807) is 24.3 Å². The fraction of sp³-hybridized carbons (Fsp3) is 0.400. The van der Waals surface area contributed by atoms with E-state index in [-0.39, 0.29) is 11.5 Å². The fourth-order valence-electron chi connectivity index (χ4n) is 3.85. The molecule has 2 N–H and O–H groups in total. The number of phenols is 2. The van der Waals surface area contributed by atoms with E-state index in [0.29, 0.717) is 11.1 Å². The van der Waals surface area contributed by atoms with Gasteiger partial charge in [0, 0.05) is 24.0 Å². The van der Waals surface area contributed by atoms with E-state index in [4.69, 9.17) is 9.47 Å². The Hall–Kier alpha value is -2.04. The molecule has 126 valence electrons. The van der Waals surface area contributed by atoms with Crippen LogP contribution in [-0.4, -0.2) is 16.0 Å². The first kappa shape index (κ1) is 15.5. The Labute approximate surface area is 141 Å². The maximum Gasteiger partial charge on any atom is 0.170 e. The minimum atomic E-state index is -0.613. The molecule has 1 aliphatic heterocycles. The molecule has 0 bridgehead atoms. The lowest BCUT2D eigenvalue weighted by Crippen LogP contribution is -2.32. The lowest BCUT2D eigenvalue weighted by Gasteiger charge is -2.32. The number of benzene rings is 2. The maximum absolute atomic E-state index is 10.3. The van der Waals surface area contributed by atoms with E-state index >= 15 is 0 Å². The van der Waals surface area contributed by atoms with Crippen molar-refractivity contribution in [2.24, 2.45) is 0 Å². The minimum Gasteiger partial charge on any atom is -0.508 e. The van der Waals surface area contributed by atoms with Crippen molar-refractivity contribution in [1.82, 2.24) is 0 Å². The Bertz CT molecular complexity index is 666. The largest absolute Gasteiger partial charge is 0.508 e. The fourth-order valence-corrected chi connectivity index (χ4v) is 3.85. The summed E-state index contributed by atoms with van der Waals surface area (Å²) in [6.07, 6.45) is 4.16. The molecule has 24 heavy (non-hydrogen) atoms. The van der Waals surface area contributed by atoms with Crippen LogP contribution in [0.5, 0.6) is 11.5 Å². The first-order valence-corrected chi connectivity index (χ1v) is 8.60. The molecule has 4 rings (SSSR count). The first-order chi connectivity index (χ1) is 11.7. The van der Waals surface area contributed by atoms with Gasteiger partial charge in [-0.05, 0) is 25.0 Å². The van der Waals surface area contributed by atoms with Crippen LogP contribution in [0.25, 0.3) is 0 Å². The van der Waals surface area contributed by atoms with E-state index in [0.717, 1.165) is 25.7 Å². The molecular formula is C20H22O4. The molecule has 1 spiro atoms. The Morgan fingerprint density at radius 2 is 1.17 bits per heavy atom. The van der Waals surface area contributed by atoms with Crippen LogP contribution in [0.4, 0.5) is 0 Å². The van der Waals surface area contributed by atoms with Gasteiger partial charge in [0.15, 0.2) is 5.79 Å². The standard InChI is InChI=1S/C20H22O4/c21-16-10-4-2-8-14(16)18-19(15-9-3-5-11-17(15)22)24-20(23-18)12-6-1-7-13-20/h2-5,8-11,18-19,21-22H,1,6-7,12-13H2/t18-,19-/m1/s1. The highest BCUT2D eigenvalue weighted by Crippen LogP contribution is 2.54. The van der Waals surface area contributed by atoms with Crippen LogP contribution in [0.3, 0.4) is 0 Å². The monoisotopic (exact) mass is 326 g/mol. The predicted octanol–water partition coefficient (Wildman–Crippen LogP) is 4.59. The van der Waals surface area contributed by atoms with E-state index in [1.165, 1.54) is 6.42 Å². The van der Waals surface area contributed by atoms with Crippen molar-refractivity contribution in [2.45, 2.75) is 50.1 Å². The second-order valence-corrected chi connectivity index (χ2v) is 6.67. The van der Waals surface area contributed by atoms with Gasteiger partial charge in [-0.15, -0.1) is 0 Å². The summed E-state index contributed by atoms with van der Waals surface area (Å²) in [4.78, 5) is 0. The first-order valence-electron chi connectivity index (χ1n) is 8.60. The highest BCUT2D eigenvalue weighted by Gasteiger charge is 2.50. The summed E-state index contributed by atoms with van der Waals surface area (Å²) in [6.45, 7) is 0. The molecular weight excluding hydrogens is 304 g/mol. The molecule has 0 radical (unpaired) electrons. The summed E-state index contributed by atoms with van der Waals surface area (Å²) >= 11 is 0. The third kappa shape index (κ3) is 2.66. The van der Waals surface area contributed by atoms with Crippen molar-refractivity contribution < 1.29 is 19.7 Å². The topological polar surface area (TPSA) is 58.9 Å². The van der Waals surface area contributed by atoms with E-state index in [9.17, 15) is 10.2 Å². The van der Waals surface area contributed by atoms with Crippen molar-refractivity contribution in [1.29, 1.82) is 0 Å². The number of rotatable bonds is 2. The van der Waals surface area contributed by atoms with Crippen LogP contribution >= 0.6 is 0 Å². The SMILES string of the molecule is Oc1ccccc1[C@H]1OC2(CCCCC2)O[C@@H]1c1ccccc1O. The highest BCUT2D eigenvalue weighted by molar-refractivity contribution is 5.40. The number of aromatic hydroxyl groups is 2. The van der Waals surface area contributed by atoms with Gasteiger partial charge in [0.05, 0.1) is 0 Å². The summed E-state index contributed by atoms with van der Waals surface area (Å²) in [7, 11) is 0. The Kier molecular flexibility index (Phi) is 3.94. The zero-order valence-corrected chi connectivity index (χ0v) is 13.5. The van der Waals surface area contributed by atoms with E-state index in [1.807, 2.05) is 24.3 Å². The molecule has 2 aromatic rings. The number of hydrogen-bond acceptors (Lipinski definition) is 4. The molecule has 1 saturated carbocycles. The van der Waals surface area contributed by atoms with Gasteiger partial charge in [0.25, 0.3) is 0 Å². The summed E-state index contributed by atoms with van der Waals surface area (Å²) in [5.74, 6) is -0.225. The molecule has 1 heterocycles. The second kappa shape index (κ2) is 6.11. The molecule has 1 saturated heterocycles. The zero-order chi connectivity index (χ0) is 16.6. The summed E-state index contributed by atoms with van der Waals surface area (Å²) in [5.41, 5.74) is 1.40. The van der Waals surface area contributed by atoms with Crippen LogP contribution in [0.2, 0.25) is 0 Å². The molecule has 1 aliphatic carbocycles. The summed E-state index contributed by atoms with van der Waals surface area (Å²) < 4.78 is 12.8. The van der Waals surface area contributed by atoms with Gasteiger partial charge >= 0.3 is 0 Å². The zero-order valence-electron chi connectivity index (χ0n) is 13.5. The van der Waals surface area contributed by atoms with Gasteiger partial charge < -0.3 is 19.7 Å². The molecule has 0 unspecified atom stereocenters. The Morgan fingerprint density at radius 1 is 0.708 bits per heavy atom. The lowest BCUT2D eigenvalue weighted by atomic mass is 9.94. The Balaban J connectivity index is 1.76. The number of para-hydroxylation sites is 2. The quantitative estimate of drug-likeness (QED) is 0.847. The summed E-state index contributed by atoms with van der Waals surface area (Å²) in [6, 6.07) is 14.4. The molecule has 4 nitrogen and oxygen atoms in total. The smallest absolute Gasteiger partial charge is 0.170 e. The van der Waals surface area contributed by atoms with E-state index in [2.05, 4.69) is 0 Å². The Morgan fingerprint density at radius 3 is 1.62 bits per heavy atom. The van der Waals surface area contributed by atoms with Crippen molar-refractivity contribution in [3.63, 3.8) is 0 Å². The van der Waals surface area contributed by atoms with Crippen molar-refractivity contribution >= 4 is 0 Å². The number of phenolic OH excluding ortho intramolecular Hbond substituents is 2. The van der Waals surface area contributed by atoms with Crippen LogP contribution in [0.15, 0.2) is 48.5 Å². The molecule has 2 atom stereocenters. The average Bonchev–Trinajstić information content (AvgIpc) is 2.95. The summed E-state index contributed by atoms with van der Waals surface area (Å²) in [5, 5.41) is 20.6. The van der Waals surface area contributed by atoms with Gasteiger partial charge in [-0.2, -0.15) is 0 Å². The van der Waals surface area contributed by atoms with Crippen LogP contribution in [0.1, 0.15) is 55.4 Å².